The number of hydrogen-bond acceptors (Lipinski definition) is 2. The summed E-state index contributed by atoms with van der Waals surface area (Å²) in [4.78, 5) is 5.17. The maximum atomic E-state index is 5.17. The minimum Gasteiger partial charge on any atom is -0.396 e. The number of aryl methyl sites for hydroxylation is 2. The third kappa shape index (κ3) is 2.26. The van der Waals surface area contributed by atoms with E-state index in [2.05, 4.69) is 30.3 Å². The molecule has 1 aliphatic carbocycles. The molecule has 0 saturated heterocycles. The molecule has 1 aliphatic rings. The molecule has 0 N–H and O–H groups in total. The number of rotatable bonds is 3. The van der Waals surface area contributed by atoms with Gasteiger partial charge >= 0.3 is 0 Å². The zero-order chi connectivity index (χ0) is 11.4. The summed E-state index contributed by atoms with van der Waals surface area (Å²) in [5.41, 5.74) is 5.25. The van der Waals surface area contributed by atoms with Crippen LogP contribution in [0.2, 0.25) is 0 Å². The van der Waals surface area contributed by atoms with Gasteiger partial charge in [-0.25, -0.2) is 0 Å². The fraction of sp³-hybridized carbons (Fsp3) is 0.500. The van der Waals surface area contributed by atoms with E-state index in [9.17, 15) is 0 Å². The molecule has 0 aliphatic heterocycles. The molecule has 1 aromatic carbocycles. The van der Waals surface area contributed by atoms with Crippen molar-refractivity contribution in [1.82, 2.24) is 0 Å². The smallest absolute Gasteiger partial charge is 0.114 e. The van der Waals surface area contributed by atoms with E-state index in [0.717, 1.165) is 18.6 Å². The SMILES string of the molecule is CCO/N=C1\CCCc2cc(CC)ccc21. The molecule has 0 aromatic heterocycles. The van der Waals surface area contributed by atoms with Crippen LogP contribution in [0, 0.1) is 0 Å². The number of hydrogen-bond donors (Lipinski definition) is 0. The molecular formula is C14H19NO. The van der Waals surface area contributed by atoms with Crippen LogP contribution in [0.5, 0.6) is 0 Å². The molecule has 2 nitrogen and oxygen atoms in total. The van der Waals surface area contributed by atoms with Crippen LogP contribution in [0.4, 0.5) is 0 Å². The molecular weight excluding hydrogens is 198 g/mol. The fourth-order valence-corrected chi connectivity index (χ4v) is 2.17. The van der Waals surface area contributed by atoms with Crippen molar-refractivity contribution in [3.63, 3.8) is 0 Å². The van der Waals surface area contributed by atoms with Crippen LogP contribution in [-0.4, -0.2) is 12.3 Å². The van der Waals surface area contributed by atoms with Crippen molar-refractivity contribution in [2.75, 3.05) is 6.61 Å². The van der Waals surface area contributed by atoms with E-state index in [4.69, 9.17) is 4.84 Å². The second-order valence-corrected chi connectivity index (χ2v) is 4.15. The van der Waals surface area contributed by atoms with E-state index in [-0.39, 0.29) is 0 Å². The Morgan fingerprint density at radius 3 is 2.88 bits per heavy atom. The molecule has 1 aromatic rings. The van der Waals surface area contributed by atoms with Gasteiger partial charge in [0.05, 0.1) is 5.71 Å². The second-order valence-electron chi connectivity index (χ2n) is 4.15. The highest BCUT2D eigenvalue weighted by atomic mass is 16.6. The third-order valence-electron chi connectivity index (χ3n) is 3.05. The molecule has 0 spiro atoms. The van der Waals surface area contributed by atoms with Crippen molar-refractivity contribution < 1.29 is 4.84 Å². The Labute approximate surface area is 97.3 Å². The van der Waals surface area contributed by atoms with Gasteiger partial charge in [0.2, 0.25) is 0 Å². The summed E-state index contributed by atoms with van der Waals surface area (Å²) in [6, 6.07) is 6.72. The summed E-state index contributed by atoms with van der Waals surface area (Å²) < 4.78 is 0. The molecule has 0 unspecified atom stereocenters. The Hall–Kier alpha value is -1.31. The van der Waals surface area contributed by atoms with Crippen molar-refractivity contribution >= 4 is 5.71 Å². The van der Waals surface area contributed by atoms with E-state index in [1.165, 1.54) is 29.5 Å². The average molecular weight is 217 g/mol. The first-order chi connectivity index (χ1) is 7.85. The molecule has 0 fully saturated rings. The minimum atomic E-state index is 0.645. The molecule has 2 rings (SSSR count). The van der Waals surface area contributed by atoms with Crippen molar-refractivity contribution in [2.24, 2.45) is 5.16 Å². The third-order valence-corrected chi connectivity index (χ3v) is 3.05. The van der Waals surface area contributed by atoms with Crippen molar-refractivity contribution in [3.8, 4) is 0 Å². The minimum absolute atomic E-state index is 0.645. The normalized spacial score (nSPS) is 17.2. The lowest BCUT2D eigenvalue weighted by atomic mass is 9.88. The molecule has 0 atom stereocenters. The summed E-state index contributed by atoms with van der Waals surface area (Å²) in [6.07, 6.45) is 4.50. The van der Waals surface area contributed by atoms with Crippen LogP contribution in [0.3, 0.4) is 0 Å². The van der Waals surface area contributed by atoms with Crippen LogP contribution in [0.25, 0.3) is 0 Å². The highest BCUT2D eigenvalue weighted by Crippen LogP contribution is 2.23. The Morgan fingerprint density at radius 1 is 1.25 bits per heavy atom. The van der Waals surface area contributed by atoms with Gasteiger partial charge < -0.3 is 4.84 Å². The molecule has 0 heterocycles. The van der Waals surface area contributed by atoms with Gasteiger partial charge in [0.25, 0.3) is 0 Å². The first-order valence-electron chi connectivity index (χ1n) is 6.16. The zero-order valence-corrected chi connectivity index (χ0v) is 10.1. The zero-order valence-electron chi connectivity index (χ0n) is 10.1. The predicted molar refractivity (Wildman–Crippen MR) is 66.9 cm³/mol. The number of benzene rings is 1. The second kappa shape index (κ2) is 5.15. The van der Waals surface area contributed by atoms with Crippen molar-refractivity contribution in [2.45, 2.75) is 39.5 Å². The van der Waals surface area contributed by atoms with Gasteiger partial charge in [-0.1, -0.05) is 30.3 Å². The Bertz CT molecular complexity index is 396. The summed E-state index contributed by atoms with van der Waals surface area (Å²) in [7, 11) is 0. The van der Waals surface area contributed by atoms with Crippen LogP contribution < -0.4 is 0 Å². The van der Waals surface area contributed by atoms with Gasteiger partial charge in [-0.05, 0) is 43.7 Å². The topological polar surface area (TPSA) is 21.6 Å². The Kier molecular flexibility index (Phi) is 3.60. The predicted octanol–water partition coefficient (Wildman–Crippen LogP) is 3.33. The molecule has 86 valence electrons. The van der Waals surface area contributed by atoms with Crippen LogP contribution in [-0.2, 0) is 17.7 Å². The van der Waals surface area contributed by atoms with Gasteiger partial charge in [0.1, 0.15) is 6.61 Å². The van der Waals surface area contributed by atoms with Crippen molar-refractivity contribution in [3.05, 3.63) is 34.9 Å². The number of nitrogens with zero attached hydrogens (tertiary/aromatic N) is 1. The maximum absolute atomic E-state index is 5.17. The number of oxime groups is 1. The van der Waals surface area contributed by atoms with Gasteiger partial charge in [-0.2, -0.15) is 0 Å². The lowest BCUT2D eigenvalue weighted by Crippen LogP contribution is -2.12. The highest BCUT2D eigenvalue weighted by Gasteiger charge is 2.16. The highest BCUT2D eigenvalue weighted by molar-refractivity contribution is 6.02. The van der Waals surface area contributed by atoms with Crippen LogP contribution in [0.15, 0.2) is 23.4 Å². The van der Waals surface area contributed by atoms with E-state index in [1.54, 1.807) is 0 Å². The van der Waals surface area contributed by atoms with E-state index in [0.29, 0.717) is 6.61 Å². The Morgan fingerprint density at radius 2 is 2.12 bits per heavy atom. The summed E-state index contributed by atoms with van der Waals surface area (Å²) in [6.45, 7) is 4.81. The van der Waals surface area contributed by atoms with Gasteiger partial charge in [0, 0.05) is 5.56 Å². The van der Waals surface area contributed by atoms with Crippen molar-refractivity contribution in [1.29, 1.82) is 0 Å². The molecule has 0 radical (unpaired) electrons. The molecule has 2 heteroatoms. The summed E-state index contributed by atoms with van der Waals surface area (Å²) >= 11 is 0. The van der Waals surface area contributed by atoms with Gasteiger partial charge in [-0.3, -0.25) is 0 Å². The standard InChI is InChI=1S/C14H19NO/c1-3-11-8-9-13-12(10-11)6-5-7-14(13)15-16-4-2/h8-10H,3-7H2,1-2H3/b15-14+. The quantitative estimate of drug-likeness (QED) is 0.712. The van der Waals surface area contributed by atoms with Gasteiger partial charge in [0.15, 0.2) is 0 Å². The van der Waals surface area contributed by atoms with Gasteiger partial charge in [-0.15, -0.1) is 0 Å². The molecule has 0 bridgehead atoms. The monoisotopic (exact) mass is 217 g/mol. The Balaban J connectivity index is 2.32. The van der Waals surface area contributed by atoms with E-state index in [1.807, 2.05) is 6.92 Å². The summed E-state index contributed by atoms with van der Waals surface area (Å²) in [5, 5.41) is 4.22. The van der Waals surface area contributed by atoms with Crippen LogP contribution in [0.1, 0.15) is 43.4 Å². The molecule has 16 heavy (non-hydrogen) atoms. The lowest BCUT2D eigenvalue weighted by molar-refractivity contribution is 0.158. The molecule has 0 saturated carbocycles. The number of fused-ring (bicyclic) bond motifs is 1. The maximum Gasteiger partial charge on any atom is 0.114 e. The van der Waals surface area contributed by atoms with Crippen LogP contribution >= 0.6 is 0 Å². The largest absolute Gasteiger partial charge is 0.396 e. The van der Waals surface area contributed by atoms with E-state index < -0.39 is 0 Å². The lowest BCUT2D eigenvalue weighted by Gasteiger charge is -2.18. The average Bonchev–Trinajstić information content (AvgIpc) is 2.35. The molecule has 0 amide bonds. The first kappa shape index (κ1) is 11.2. The van der Waals surface area contributed by atoms with E-state index >= 15 is 0 Å². The fourth-order valence-electron chi connectivity index (χ4n) is 2.17. The summed E-state index contributed by atoms with van der Waals surface area (Å²) in [5.74, 6) is 0. The first-order valence-corrected chi connectivity index (χ1v) is 6.16.